The van der Waals surface area contributed by atoms with Crippen LogP contribution in [0.2, 0.25) is 0 Å². The minimum atomic E-state index is -0.0540. The summed E-state index contributed by atoms with van der Waals surface area (Å²) in [6, 6.07) is 18.5. The number of carbonyl (C=O) groups excluding carboxylic acids is 1. The van der Waals surface area contributed by atoms with Gasteiger partial charge in [0.1, 0.15) is 0 Å². The molecule has 0 bridgehead atoms. The third-order valence-electron chi connectivity index (χ3n) is 5.83. The molecule has 6 heteroatoms. The van der Waals surface area contributed by atoms with E-state index in [0.717, 1.165) is 50.5 Å². The van der Waals surface area contributed by atoms with Crippen LogP contribution in [-0.4, -0.2) is 63.6 Å². The molecule has 0 saturated carbocycles. The number of hydrogen-bond acceptors (Lipinski definition) is 3. The third kappa shape index (κ3) is 7.40. The molecule has 0 aromatic heterocycles. The maximum absolute atomic E-state index is 11.8. The molecule has 31 heavy (non-hydrogen) atoms. The molecule has 1 saturated heterocycles. The lowest BCUT2D eigenvalue weighted by molar-refractivity contribution is 0.0963. The van der Waals surface area contributed by atoms with Crippen molar-refractivity contribution in [1.82, 2.24) is 20.9 Å². The van der Waals surface area contributed by atoms with Crippen molar-refractivity contribution in [2.75, 3.05) is 46.8 Å². The molecule has 6 nitrogen and oxygen atoms in total. The summed E-state index contributed by atoms with van der Waals surface area (Å²) in [7, 11) is 3.46. The van der Waals surface area contributed by atoms with Crippen molar-refractivity contribution in [3.63, 3.8) is 0 Å². The van der Waals surface area contributed by atoms with E-state index in [4.69, 9.17) is 0 Å². The molecule has 1 aliphatic heterocycles. The number of rotatable bonds is 9. The van der Waals surface area contributed by atoms with E-state index in [-0.39, 0.29) is 5.91 Å². The van der Waals surface area contributed by atoms with Gasteiger partial charge in [0.2, 0.25) is 0 Å². The summed E-state index contributed by atoms with van der Waals surface area (Å²) in [5.41, 5.74) is 3.24. The van der Waals surface area contributed by atoms with Crippen LogP contribution in [0.25, 0.3) is 0 Å². The number of benzene rings is 2. The number of aliphatic imine (C=N–C) groups is 1. The molecule has 0 aliphatic carbocycles. The fraction of sp³-hybridized carbons (Fsp3) is 0.440. The molecule has 1 fully saturated rings. The van der Waals surface area contributed by atoms with Gasteiger partial charge in [-0.1, -0.05) is 42.5 Å². The van der Waals surface area contributed by atoms with Crippen molar-refractivity contribution in [3.8, 4) is 0 Å². The summed E-state index contributed by atoms with van der Waals surface area (Å²) in [5, 5.41) is 9.53. The zero-order chi connectivity index (χ0) is 21.9. The zero-order valence-electron chi connectivity index (χ0n) is 18.7. The van der Waals surface area contributed by atoms with Gasteiger partial charge in [-0.2, -0.15) is 0 Å². The number of amides is 1. The van der Waals surface area contributed by atoms with Gasteiger partial charge >= 0.3 is 0 Å². The number of hydrogen-bond donors (Lipinski definition) is 3. The van der Waals surface area contributed by atoms with Crippen molar-refractivity contribution in [2.24, 2.45) is 10.9 Å². The lowest BCUT2D eigenvalue weighted by Gasteiger charge is -2.17. The van der Waals surface area contributed by atoms with Crippen LogP contribution in [0, 0.1) is 5.92 Å². The highest BCUT2D eigenvalue weighted by atomic mass is 16.1. The Morgan fingerprint density at radius 3 is 2.65 bits per heavy atom. The molecular weight excluding hydrogens is 386 g/mol. The lowest BCUT2D eigenvalue weighted by atomic mass is 10.1. The van der Waals surface area contributed by atoms with Gasteiger partial charge in [-0.15, -0.1) is 0 Å². The molecular formula is C25H35N5O. The molecule has 0 radical (unpaired) electrons. The summed E-state index contributed by atoms with van der Waals surface area (Å²) in [4.78, 5) is 18.7. The molecule has 166 valence electrons. The normalized spacial score (nSPS) is 16.8. The standard InChI is InChI=1S/C25H35N5O/c1-26-24(31)23-10-6-9-21(17-23)11-14-28-25(27-2)29-18-22-13-16-30(19-22)15-12-20-7-4-3-5-8-20/h3-10,17,22H,11-16,18-19H2,1-2H3,(H,26,31)(H2,27,28,29). The van der Waals surface area contributed by atoms with Gasteiger partial charge in [0.25, 0.3) is 5.91 Å². The van der Waals surface area contributed by atoms with Gasteiger partial charge < -0.3 is 20.9 Å². The van der Waals surface area contributed by atoms with Gasteiger partial charge in [0, 0.05) is 45.8 Å². The summed E-state index contributed by atoms with van der Waals surface area (Å²) >= 11 is 0. The minimum Gasteiger partial charge on any atom is -0.356 e. The Morgan fingerprint density at radius 2 is 1.87 bits per heavy atom. The largest absolute Gasteiger partial charge is 0.356 e. The third-order valence-corrected chi connectivity index (χ3v) is 5.83. The van der Waals surface area contributed by atoms with Crippen LogP contribution in [0.1, 0.15) is 27.9 Å². The SMILES string of the molecule is CN=C(NCCc1cccc(C(=O)NC)c1)NCC1CCN(CCc2ccccc2)C1. The second-order valence-corrected chi connectivity index (χ2v) is 8.10. The first-order chi connectivity index (χ1) is 15.2. The van der Waals surface area contributed by atoms with Crippen LogP contribution in [0.3, 0.4) is 0 Å². The second-order valence-electron chi connectivity index (χ2n) is 8.10. The molecule has 1 unspecified atom stereocenters. The summed E-state index contributed by atoms with van der Waals surface area (Å²) < 4.78 is 0. The summed E-state index contributed by atoms with van der Waals surface area (Å²) in [5.74, 6) is 1.44. The molecule has 1 aliphatic rings. The van der Waals surface area contributed by atoms with E-state index in [1.807, 2.05) is 31.3 Å². The highest BCUT2D eigenvalue weighted by Crippen LogP contribution is 2.16. The number of carbonyl (C=O) groups is 1. The smallest absolute Gasteiger partial charge is 0.251 e. The van der Waals surface area contributed by atoms with Crippen LogP contribution in [0.15, 0.2) is 59.6 Å². The molecule has 1 heterocycles. The number of guanidine groups is 1. The van der Waals surface area contributed by atoms with E-state index in [2.05, 4.69) is 56.2 Å². The average Bonchev–Trinajstić information content (AvgIpc) is 3.28. The molecule has 3 N–H and O–H groups in total. The van der Waals surface area contributed by atoms with Crippen LogP contribution in [-0.2, 0) is 12.8 Å². The van der Waals surface area contributed by atoms with Crippen molar-refractivity contribution < 1.29 is 4.79 Å². The lowest BCUT2D eigenvalue weighted by Crippen LogP contribution is -2.41. The predicted molar refractivity (Wildman–Crippen MR) is 128 cm³/mol. The Morgan fingerprint density at radius 1 is 1.06 bits per heavy atom. The van der Waals surface area contributed by atoms with Crippen LogP contribution >= 0.6 is 0 Å². The maximum atomic E-state index is 11.8. The van der Waals surface area contributed by atoms with Gasteiger partial charge in [0.15, 0.2) is 5.96 Å². The fourth-order valence-corrected chi connectivity index (χ4v) is 4.01. The first-order valence-electron chi connectivity index (χ1n) is 11.2. The van der Waals surface area contributed by atoms with E-state index < -0.39 is 0 Å². The molecule has 2 aromatic carbocycles. The van der Waals surface area contributed by atoms with Gasteiger partial charge in [-0.3, -0.25) is 9.79 Å². The fourth-order valence-electron chi connectivity index (χ4n) is 4.01. The van der Waals surface area contributed by atoms with Crippen LogP contribution < -0.4 is 16.0 Å². The van der Waals surface area contributed by atoms with Crippen molar-refractivity contribution in [1.29, 1.82) is 0 Å². The van der Waals surface area contributed by atoms with Gasteiger partial charge in [0.05, 0.1) is 0 Å². The number of likely N-dealkylation sites (tertiary alicyclic amines) is 1. The van der Waals surface area contributed by atoms with Crippen molar-refractivity contribution in [3.05, 3.63) is 71.3 Å². The second kappa shape index (κ2) is 12.1. The van der Waals surface area contributed by atoms with Gasteiger partial charge in [-0.05, 0) is 55.0 Å². The number of nitrogens with one attached hydrogen (secondary N) is 3. The Hall–Kier alpha value is -2.86. The number of nitrogens with zero attached hydrogens (tertiary/aromatic N) is 2. The van der Waals surface area contributed by atoms with Crippen LogP contribution in [0.4, 0.5) is 0 Å². The minimum absolute atomic E-state index is 0.0540. The summed E-state index contributed by atoms with van der Waals surface area (Å²) in [6.07, 6.45) is 3.18. The first kappa shape index (κ1) is 22.8. The van der Waals surface area contributed by atoms with Crippen molar-refractivity contribution >= 4 is 11.9 Å². The van der Waals surface area contributed by atoms with E-state index in [0.29, 0.717) is 11.5 Å². The molecule has 0 spiro atoms. The Balaban J connectivity index is 1.35. The molecule has 3 rings (SSSR count). The molecule has 1 atom stereocenters. The van der Waals surface area contributed by atoms with E-state index in [1.165, 1.54) is 18.5 Å². The predicted octanol–water partition coefficient (Wildman–Crippen LogP) is 2.32. The van der Waals surface area contributed by atoms with E-state index >= 15 is 0 Å². The Labute approximate surface area is 186 Å². The topological polar surface area (TPSA) is 68.8 Å². The maximum Gasteiger partial charge on any atom is 0.251 e. The van der Waals surface area contributed by atoms with E-state index in [1.54, 1.807) is 7.05 Å². The zero-order valence-corrected chi connectivity index (χ0v) is 18.7. The molecule has 1 amide bonds. The Kier molecular flexibility index (Phi) is 8.91. The average molecular weight is 422 g/mol. The van der Waals surface area contributed by atoms with Crippen LogP contribution in [0.5, 0.6) is 0 Å². The quantitative estimate of drug-likeness (QED) is 0.429. The van der Waals surface area contributed by atoms with E-state index in [9.17, 15) is 4.79 Å². The monoisotopic (exact) mass is 421 g/mol. The molecule has 2 aromatic rings. The van der Waals surface area contributed by atoms with Gasteiger partial charge in [-0.25, -0.2) is 0 Å². The highest BCUT2D eigenvalue weighted by molar-refractivity contribution is 5.94. The highest BCUT2D eigenvalue weighted by Gasteiger charge is 2.22. The van der Waals surface area contributed by atoms with Crippen molar-refractivity contribution in [2.45, 2.75) is 19.3 Å². The Bertz CT molecular complexity index is 852. The summed E-state index contributed by atoms with van der Waals surface area (Å²) in [6.45, 7) is 5.15. The first-order valence-corrected chi connectivity index (χ1v) is 11.2.